The second kappa shape index (κ2) is 6.65. The zero-order valence-electron chi connectivity index (χ0n) is 14.1. The molecule has 0 atom stereocenters. The Morgan fingerprint density at radius 2 is 2.12 bits per heavy atom. The quantitative estimate of drug-likeness (QED) is 0.755. The Morgan fingerprint density at radius 3 is 2.71 bits per heavy atom. The van der Waals surface area contributed by atoms with Crippen LogP contribution in [0.4, 0.5) is 0 Å². The molecule has 24 heavy (non-hydrogen) atoms. The highest BCUT2D eigenvalue weighted by atomic mass is 32.1. The van der Waals surface area contributed by atoms with Crippen LogP contribution in [-0.4, -0.2) is 21.0 Å². The minimum absolute atomic E-state index is 0.0783. The topological polar surface area (TPSA) is 62.1 Å². The summed E-state index contributed by atoms with van der Waals surface area (Å²) in [5, 5.41) is 9.21. The molecule has 0 radical (unpaired) electrons. The summed E-state index contributed by atoms with van der Waals surface area (Å²) in [6, 6.07) is 9.56. The number of hydrogen-bond acceptors (Lipinski definition) is 4. The molecule has 3 aromatic rings. The van der Waals surface area contributed by atoms with Gasteiger partial charge in [0.1, 0.15) is 11.5 Å². The largest absolute Gasteiger partial charge is 0.467 e. The minimum atomic E-state index is -0.105. The molecule has 0 spiro atoms. The molecule has 0 aliphatic carbocycles. The van der Waals surface area contributed by atoms with E-state index in [0.29, 0.717) is 18.8 Å². The molecule has 0 bridgehead atoms. The first-order valence-electron chi connectivity index (χ1n) is 7.83. The van der Waals surface area contributed by atoms with Crippen molar-refractivity contribution in [2.45, 2.75) is 39.3 Å². The van der Waals surface area contributed by atoms with E-state index in [1.54, 1.807) is 22.5 Å². The van der Waals surface area contributed by atoms with Crippen molar-refractivity contribution in [1.29, 1.82) is 0 Å². The van der Waals surface area contributed by atoms with Crippen molar-refractivity contribution in [3.63, 3.8) is 0 Å². The Bertz CT molecular complexity index is 746. The molecule has 126 valence electrons. The fourth-order valence-corrected chi connectivity index (χ4v) is 3.08. The lowest BCUT2D eigenvalue weighted by atomic mass is 9.92. The lowest BCUT2D eigenvalue weighted by Crippen LogP contribution is -2.30. The van der Waals surface area contributed by atoms with Gasteiger partial charge in [-0.1, -0.05) is 26.8 Å². The van der Waals surface area contributed by atoms with Gasteiger partial charge < -0.3 is 9.32 Å². The van der Waals surface area contributed by atoms with E-state index in [4.69, 9.17) is 4.42 Å². The van der Waals surface area contributed by atoms with Crippen LogP contribution < -0.4 is 0 Å². The van der Waals surface area contributed by atoms with Gasteiger partial charge >= 0.3 is 0 Å². The maximum Gasteiger partial charge on any atom is 0.275 e. The number of rotatable bonds is 5. The number of nitrogens with zero attached hydrogens (tertiary/aromatic N) is 2. The molecular weight excluding hydrogens is 322 g/mol. The highest BCUT2D eigenvalue weighted by Crippen LogP contribution is 2.22. The van der Waals surface area contributed by atoms with Crippen LogP contribution in [0.5, 0.6) is 0 Å². The Kier molecular flexibility index (Phi) is 4.57. The van der Waals surface area contributed by atoms with Gasteiger partial charge in [0.05, 0.1) is 19.4 Å². The third kappa shape index (κ3) is 3.76. The van der Waals surface area contributed by atoms with Gasteiger partial charge in [-0.15, -0.1) is 11.3 Å². The first kappa shape index (κ1) is 16.5. The van der Waals surface area contributed by atoms with E-state index in [0.717, 1.165) is 16.3 Å². The predicted molar refractivity (Wildman–Crippen MR) is 93.9 cm³/mol. The van der Waals surface area contributed by atoms with Crippen LogP contribution in [0.2, 0.25) is 0 Å². The molecule has 1 N–H and O–H groups in total. The summed E-state index contributed by atoms with van der Waals surface area (Å²) in [4.78, 5) is 15.8. The van der Waals surface area contributed by atoms with Crippen LogP contribution in [0.1, 0.15) is 47.6 Å². The van der Waals surface area contributed by atoms with Crippen molar-refractivity contribution >= 4 is 17.2 Å². The van der Waals surface area contributed by atoms with Crippen molar-refractivity contribution in [3.8, 4) is 0 Å². The number of nitrogens with one attached hydrogen (secondary N) is 1. The SMILES string of the molecule is CC(C)(C)c1cc(C(=O)N(Cc2ccco2)Cc2cccs2)n[nH]1. The summed E-state index contributed by atoms with van der Waals surface area (Å²) in [6.07, 6.45) is 1.62. The summed E-state index contributed by atoms with van der Waals surface area (Å²) in [5.41, 5.74) is 1.30. The van der Waals surface area contributed by atoms with Gasteiger partial charge in [-0.25, -0.2) is 0 Å². The molecule has 3 heterocycles. The average Bonchev–Trinajstić information content (AvgIpc) is 3.27. The van der Waals surface area contributed by atoms with Crippen LogP contribution >= 0.6 is 11.3 Å². The van der Waals surface area contributed by atoms with Crippen LogP contribution in [0.25, 0.3) is 0 Å². The number of furan rings is 1. The van der Waals surface area contributed by atoms with Crippen molar-refractivity contribution in [3.05, 3.63) is 64.0 Å². The Hall–Kier alpha value is -2.34. The number of H-pyrrole nitrogens is 1. The van der Waals surface area contributed by atoms with Crippen LogP contribution in [0, 0.1) is 0 Å². The predicted octanol–water partition coefficient (Wildman–Crippen LogP) is 4.20. The number of aromatic amines is 1. The second-order valence-electron chi connectivity index (χ2n) is 6.74. The number of carbonyl (C=O) groups is 1. The maximum absolute atomic E-state index is 12.9. The lowest BCUT2D eigenvalue weighted by Gasteiger charge is -2.20. The molecular formula is C18H21N3O2S. The summed E-state index contributed by atoms with van der Waals surface area (Å²) >= 11 is 1.63. The molecule has 0 unspecified atom stereocenters. The Balaban J connectivity index is 1.83. The summed E-state index contributed by atoms with van der Waals surface area (Å²) in [5.74, 6) is 0.651. The first-order valence-corrected chi connectivity index (χ1v) is 8.71. The van der Waals surface area contributed by atoms with Gasteiger partial charge in [0, 0.05) is 16.0 Å². The zero-order valence-corrected chi connectivity index (χ0v) is 14.9. The van der Waals surface area contributed by atoms with Crippen LogP contribution in [0.15, 0.2) is 46.4 Å². The molecule has 0 fully saturated rings. The standard InChI is InChI=1S/C18H21N3O2S/c1-18(2,3)16-10-15(19-20-16)17(22)21(11-13-6-4-8-23-13)12-14-7-5-9-24-14/h4-10H,11-12H2,1-3H3,(H,19,20). The molecule has 0 saturated heterocycles. The first-order chi connectivity index (χ1) is 11.4. The molecule has 0 aromatic carbocycles. The normalized spacial score (nSPS) is 11.6. The van der Waals surface area contributed by atoms with E-state index in [1.807, 2.05) is 35.7 Å². The van der Waals surface area contributed by atoms with Crippen molar-refractivity contribution in [1.82, 2.24) is 15.1 Å². The third-order valence-electron chi connectivity index (χ3n) is 3.75. The van der Waals surface area contributed by atoms with Gasteiger partial charge in [0.25, 0.3) is 5.91 Å². The van der Waals surface area contributed by atoms with Gasteiger partial charge in [-0.3, -0.25) is 9.89 Å². The van der Waals surface area contributed by atoms with Gasteiger partial charge in [-0.2, -0.15) is 5.10 Å². The average molecular weight is 343 g/mol. The molecule has 3 aromatic heterocycles. The van der Waals surface area contributed by atoms with Gasteiger partial charge in [-0.05, 0) is 29.6 Å². The highest BCUT2D eigenvalue weighted by molar-refractivity contribution is 7.09. The molecule has 6 heteroatoms. The lowest BCUT2D eigenvalue weighted by molar-refractivity contribution is 0.0713. The van der Waals surface area contributed by atoms with E-state index >= 15 is 0 Å². The fraction of sp³-hybridized carbons (Fsp3) is 0.333. The van der Waals surface area contributed by atoms with Crippen molar-refractivity contribution < 1.29 is 9.21 Å². The van der Waals surface area contributed by atoms with E-state index in [2.05, 4.69) is 31.0 Å². The van der Waals surface area contributed by atoms with Crippen LogP contribution in [0.3, 0.4) is 0 Å². The smallest absolute Gasteiger partial charge is 0.275 e. The molecule has 1 amide bonds. The fourth-order valence-electron chi connectivity index (χ4n) is 2.36. The zero-order chi connectivity index (χ0) is 17.2. The number of hydrogen-bond donors (Lipinski definition) is 1. The molecule has 0 aliphatic heterocycles. The van der Waals surface area contributed by atoms with E-state index < -0.39 is 0 Å². The Morgan fingerprint density at radius 1 is 1.29 bits per heavy atom. The maximum atomic E-state index is 12.9. The molecule has 3 rings (SSSR count). The third-order valence-corrected chi connectivity index (χ3v) is 4.61. The monoisotopic (exact) mass is 343 g/mol. The van der Waals surface area contributed by atoms with Gasteiger partial charge in [0.15, 0.2) is 0 Å². The second-order valence-corrected chi connectivity index (χ2v) is 7.77. The number of aromatic nitrogens is 2. The molecule has 0 aliphatic rings. The number of thiophene rings is 1. The summed E-state index contributed by atoms with van der Waals surface area (Å²) < 4.78 is 5.41. The number of amides is 1. The van der Waals surface area contributed by atoms with E-state index in [-0.39, 0.29) is 11.3 Å². The highest BCUT2D eigenvalue weighted by Gasteiger charge is 2.24. The van der Waals surface area contributed by atoms with Crippen molar-refractivity contribution in [2.75, 3.05) is 0 Å². The Labute approximate surface area is 145 Å². The summed E-state index contributed by atoms with van der Waals surface area (Å²) in [6.45, 7) is 7.21. The summed E-state index contributed by atoms with van der Waals surface area (Å²) in [7, 11) is 0. The number of carbonyl (C=O) groups excluding carboxylic acids is 1. The van der Waals surface area contributed by atoms with Crippen molar-refractivity contribution in [2.24, 2.45) is 0 Å². The molecule has 5 nitrogen and oxygen atoms in total. The molecule has 0 saturated carbocycles. The van der Waals surface area contributed by atoms with E-state index in [1.165, 1.54) is 0 Å². The van der Waals surface area contributed by atoms with Gasteiger partial charge in [0.2, 0.25) is 0 Å². The van der Waals surface area contributed by atoms with E-state index in [9.17, 15) is 4.79 Å². The van der Waals surface area contributed by atoms with Crippen LogP contribution in [-0.2, 0) is 18.5 Å². The minimum Gasteiger partial charge on any atom is -0.467 e.